The second-order valence-corrected chi connectivity index (χ2v) is 15.7. The van der Waals surface area contributed by atoms with Crippen LogP contribution in [-0.2, 0) is 11.0 Å². The first-order chi connectivity index (χ1) is 23.5. The second-order valence-electron chi connectivity index (χ2n) is 15.7. The molecule has 0 bridgehead atoms. The minimum absolute atomic E-state index is 0.0142. The van der Waals surface area contributed by atoms with E-state index in [1.165, 1.54) is 114 Å². The van der Waals surface area contributed by atoms with Gasteiger partial charge < -0.3 is 4.42 Å². The fourth-order valence-electron chi connectivity index (χ4n) is 10.6. The number of hydrogen-bond acceptors (Lipinski definition) is 1. The third-order valence-electron chi connectivity index (χ3n) is 13.6. The number of fused-ring (bicyclic) bond motifs is 8. The van der Waals surface area contributed by atoms with E-state index in [0.29, 0.717) is 11.8 Å². The van der Waals surface area contributed by atoms with Crippen molar-refractivity contribution in [3.05, 3.63) is 95.6 Å². The zero-order chi connectivity index (χ0) is 32.6. The van der Waals surface area contributed by atoms with Crippen LogP contribution in [0.1, 0.15) is 133 Å². The van der Waals surface area contributed by atoms with Crippen LogP contribution in [0.4, 0.5) is 0 Å². The highest BCUT2D eigenvalue weighted by Crippen LogP contribution is 2.53. The predicted molar refractivity (Wildman–Crippen MR) is 199 cm³/mol. The van der Waals surface area contributed by atoms with Crippen LogP contribution < -0.4 is 4.57 Å². The predicted octanol–water partition coefficient (Wildman–Crippen LogP) is 12.4. The normalized spacial score (nSPS) is 23.6. The number of furan rings is 1. The molecule has 2 aromatic heterocycles. The van der Waals surface area contributed by atoms with Crippen molar-refractivity contribution < 1.29 is 8.98 Å². The van der Waals surface area contributed by atoms with E-state index in [9.17, 15) is 0 Å². The molecule has 2 saturated carbocycles. The zero-order valence-corrected chi connectivity index (χ0v) is 29.4. The Morgan fingerprint density at radius 3 is 2.10 bits per heavy atom. The summed E-state index contributed by atoms with van der Waals surface area (Å²) in [4.78, 5) is 0. The highest BCUT2D eigenvalue weighted by molar-refractivity contribution is 6.12. The Bertz CT molecular complexity index is 2170. The Kier molecular flexibility index (Phi) is 7.15. The highest BCUT2D eigenvalue weighted by atomic mass is 16.3. The lowest BCUT2D eigenvalue weighted by molar-refractivity contribution is -0.743. The van der Waals surface area contributed by atoms with Gasteiger partial charge in [0.1, 0.15) is 22.4 Å². The standard InChI is InChI=1S/C45H51N2O/c1-5-44(3)36-25-15-13-23-32(36)43-46(37-26-16-17-27-38(37)47(43)45(44,4)6-2)41-34(30-19-9-7-10-20-30)29-35(31-21-11-8-12-22-31)42-40(41)33-24-14-18-28-39(33)48-42/h13-18,23-31H,5-12,19-22H2,1-4H3/q+1. The molecule has 6 aromatic rings. The molecule has 9 rings (SSSR count). The van der Waals surface area contributed by atoms with Crippen molar-refractivity contribution in [3.63, 3.8) is 0 Å². The van der Waals surface area contributed by atoms with E-state index >= 15 is 0 Å². The van der Waals surface area contributed by atoms with Gasteiger partial charge in [-0.2, -0.15) is 4.57 Å². The minimum Gasteiger partial charge on any atom is -0.456 e. The quantitative estimate of drug-likeness (QED) is 0.173. The van der Waals surface area contributed by atoms with Gasteiger partial charge in [-0.15, -0.1) is 0 Å². The van der Waals surface area contributed by atoms with E-state index in [4.69, 9.17) is 4.42 Å². The van der Waals surface area contributed by atoms with Crippen LogP contribution in [0.15, 0.2) is 83.3 Å². The first-order valence-corrected chi connectivity index (χ1v) is 19.1. The lowest BCUT2D eigenvalue weighted by Crippen LogP contribution is -2.67. The molecular formula is C45H51N2O+. The van der Waals surface area contributed by atoms with Crippen LogP contribution in [0.3, 0.4) is 0 Å². The van der Waals surface area contributed by atoms with Crippen LogP contribution in [0.5, 0.6) is 0 Å². The molecule has 3 heteroatoms. The van der Waals surface area contributed by atoms with E-state index in [0.717, 1.165) is 24.0 Å². The molecule has 246 valence electrons. The SMILES string of the molecule is CCC1(C)c2ccccc2-c2n(-c3c(C4CCCCC4)cc(C4CCCCC4)c4oc5ccccc5c34)c3ccccc3[n+]2C1(C)CC. The van der Waals surface area contributed by atoms with Gasteiger partial charge in [-0.3, -0.25) is 0 Å². The number of para-hydroxylation sites is 3. The van der Waals surface area contributed by atoms with Crippen molar-refractivity contribution in [2.75, 3.05) is 0 Å². The van der Waals surface area contributed by atoms with Gasteiger partial charge in [-0.25, -0.2) is 4.57 Å². The van der Waals surface area contributed by atoms with Crippen LogP contribution in [0, 0.1) is 0 Å². The summed E-state index contributed by atoms with van der Waals surface area (Å²) >= 11 is 0. The molecule has 0 spiro atoms. The average Bonchev–Trinajstić information content (AvgIpc) is 3.71. The summed E-state index contributed by atoms with van der Waals surface area (Å²) in [5.74, 6) is 2.45. The van der Waals surface area contributed by atoms with Crippen LogP contribution in [-0.4, -0.2) is 4.57 Å². The molecule has 3 nitrogen and oxygen atoms in total. The van der Waals surface area contributed by atoms with Crippen LogP contribution in [0.2, 0.25) is 0 Å². The van der Waals surface area contributed by atoms with Crippen molar-refractivity contribution in [2.45, 2.75) is 128 Å². The van der Waals surface area contributed by atoms with Crippen molar-refractivity contribution in [3.8, 4) is 17.1 Å². The van der Waals surface area contributed by atoms with E-state index in [1.807, 2.05) is 0 Å². The Hall–Kier alpha value is -3.85. The van der Waals surface area contributed by atoms with Gasteiger partial charge >= 0.3 is 0 Å². The van der Waals surface area contributed by atoms with E-state index in [-0.39, 0.29) is 11.0 Å². The maximum Gasteiger partial charge on any atom is 0.295 e. The molecule has 0 N–H and O–H groups in total. The molecule has 0 radical (unpaired) electrons. The molecule has 3 heterocycles. The number of hydrogen-bond donors (Lipinski definition) is 0. The first kappa shape index (κ1) is 30.2. The number of aromatic nitrogens is 2. The fourth-order valence-corrected chi connectivity index (χ4v) is 10.6. The maximum atomic E-state index is 7.04. The van der Waals surface area contributed by atoms with Crippen molar-refractivity contribution in [1.29, 1.82) is 0 Å². The molecule has 2 fully saturated rings. The number of nitrogens with zero attached hydrogens (tertiary/aromatic N) is 2. The number of rotatable bonds is 5. The fraction of sp³-hybridized carbons (Fsp3) is 0.444. The molecule has 2 aliphatic carbocycles. The summed E-state index contributed by atoms with van der Waals surface area (Å²) in [6.07, 6.45) is 15.2. The monoisotopic (exact) mass is 635 g/mol. The molecule has 0 saturated heterocycles. The maximum absolute atomic E-state index is 7.04. The third-order valence-corrected chi connectivity index (χ3v) is 13.6. The molecule has 48 heavy (non-hydrogen) atoms. The number of imidazole rings is 1. The van der Waals surface area contributed by atoms with Gasteiger partial charge in [0.2, 0.25) is 0 Å². The topological polar surface area (TPSA) is 21.9 Å². The Morgan fingerprint density at radius 2 is 1.38 bits per heavy atom. The summed E-state index contributed by atoms with van der Waals surface area (Å²) in [6, 6.07) is 30.2. The Labute approximate surface area is 286 Å². The summed E-state index contributed by atoms with van der Waals surface area (Å²) < 4.78 is 12.5. The minimum atomic E-state index is -0.110. The molecule has 0 amide bonds. The lowest BCUT2D eigenvalue weighted by atomic mass is 9.61. The van der Waals surface area contributed by atoms with E-state index < -0.39 is 0 Å². The summed E-state index contributed by atoms with van der Waals surface area (Å²) in [7, 11) is 0. The largest absolute Gasteiger partial charge is 0.456 e. The van der Waals surface area contributed by atoms with E-state index in [2.05, 4.69) is 116 Å². The molecular weight excluding hydrogens is 585 g/mol. The smallest absolute Gasteiger partial charge is 0.295 e. The molecule has 3 aliphatic rings. The first-order valence-electron chi connectivity index (χ1n) is 19.1. The van der Waals surface area contributed by atoms with Gasteiger partial charge in [0, 0.05) is 16.4 Å². The van der Waals surface area contributed by atoms with Crippen LogP contribution in [0.25, 0.3) is 50.0 Å². The number of benzene rings is 4. The molecule has 4 aromatic carbocycles. The van der Waals surface area contributed by atoms with Gasteiger partial charge in [-0.1, -0.05) is 108 Å². The van der Waals surface area contributed by atoms with Gasteiger partial charge in [0.05, 0.1) is 10.9 Å². The lowest BCUT2D eigenvalue weighted by Gasteiger charge is -2.47. The van der Waals surface area contributed by atoms with Gasteiger partial charge in [0.15, 0.2) is 11.0 Å². The highest BCUT2D eigenvalue weighted by Gasteiger charge is 2.56. The zero-order valence-electron chi connectivity index (χ0n) is 29.4. The van der Waals surface area contributed by atoms with Crippen molar-refractivity contribution in [1.82, 2.24) is 4.57 Å². The van der Waals surface area contributed by atoms with Crippen molar-refractivity contribution in [2.24, 2.45) is 0 Å². The average molecular weight is 636 g/mol. The second kappa shape index (κ2) is 11.4. The van der Waals surface area contributed by atoms with Crippen LogP contribution >= 0.6 is 0 Å². The van der Waals surface area contributed by atoms with Gasteiger partial charge in [0.25, 0.3) is 5.82 Å². The third kappa shape index (κ3) is 4.09. The summed E-state index contributed by atoms with van der Waals surface area (Å²) in [5.41, 5.74) is 11.9. The van der Waals surface area contributed by atoms with E-state index in [1.54, 1.807) is 5.56 Å². The van der Waals surface area contributed by atoms with Crippen molar-refractivity contribution >= 4 is 33.0 Å². The van der Waals surface area contributed by atoms with Gasteiger partial charge in [-0.05, 0) is 98.7 Å². The summed E-state index contributed by atoms with van der Waals surface area (Å²) in [6.45, 7) is 9.84. The summed E-state index contributed by atoms with van der Waals surface area (Å²) in [5, 5.41) is 2.59. The Morgan fingerprint density at radius 1 is 0.729 bits per heavy atom. The molecule has 2 unspecified atom stereocenters. The molecule has 2 atom stereocenters. The molecule has 1 aliphatic heterocycles. The Balaban J connectivity index is 1.49.